The van der Waals surface area contributed by atoms with E-state index >= 15 is 0 Å². The molecular formula is C29H25F3O3. The normalized spacial score (nSPS) is 13.2. The van der Waals surface area contributed by atoms with Crippen LogP contribution in [0.2, 0.25) is 0 Å². The maximum Gasteiger partial charge on any atom is 0.416 e. The van der Waals surface area contributed by atoms with Gasteiger partial charge in [-0.05, 0) is 60.0 Å². The van der Waals surface area contributed by atoms with Gasteiger partial charge in [0.25, 0.3) is 0 Å². The van der Waals surface area contributed by atoms with Crippen LogP contribution in [-0.2, 0) is 18.4 Å². The van der Waals surface area contributed by atoms with Crippen molar-refractivity contribution >= 4 is 0 Å². The summed E-state index contributed by atoms with van der Waals surface area (Å²) in [7, 11) is 0. The van der Waals surface area contributed by atoms with Gasteiger partial charge in [-0.25, -0.2) is 0 Å². The van der Waals surface area contributed by atoms with Crippen LogP contribution < -0.4 is 9.47 Å². The van der Waals surface area contributed by atoms with Gasteiger partial charge in [-0.2, -0.15) is 13.2 Å². The van der Waals surface area contributed by atoms with Crippen LogP contribution in [0, 0.1) is 0 Å². The van der Waals surface area contributed by atoms with Crippen molar-refractivity contribution in [2.45, 2.75) is 31.7 Å². The summed E-state index contributed by atoms with van der Waals surface area (Å²) in [6.45, 7) is 2.15. The van der Waals surface area contributed by atoms with Crippen LogP contribution in [0.4, 0.5) is 13.2 Å². The van der Waals surface area contributed by atoms with Crippen molar-refractivity contribution < 1.29 is 27.8 Å². The summed E-state index contributed by atoms with van der Waals surface area (Å²) in [5.41, 5.74) is -0.903. The molecule has 0 aliphatic carbocycles. The summed E-state index contributed by atoms with van der Waals surface area (Å²) in [6.07, 6.45) is -4.36. The van der Waals surface area contributed by atoms with E-state index in [1.165, 1.54) is 12.1 Å². The number of benzene rings is 4. The largest absolute Gasteiger partial charge is 0.489 e. The van der Waals surface area contributed by atoms with Gasteiger partial charge in [-0.1, -0.05) is 67.6 Å². The molecule has 0 saturated heterocycles. The molecule has 180 valence electrons. The van der Waals surface area contributed by atoms with Crippen molar-refractivity contribution in [1.29, 1.82) is 0 Å². The van der Waals surface area contributed by atoms with Gasteiger partial charge in [0.15, 0.2) is 0 Å². The lowest BCUT2D eigenvalue weighted by Crippen LogP contribution is -2.27. The Bertz CT molecular complexity index is 1250. The summed E-state index contributed by atoms with van der Waals surface area (Å²) in [4.78, 5) is 0. The van der Waals surface area contributed by atoms with E-state index in [0.29, 0.717) is 29.4 Å². The Balaban J connectivity index is 1.57. The first-order chi connectivity index (χ1) is 16.8. The van der Waals surface area contributed by atoms with Gasteiger partial charge < -0.3 is 14.6 Å². The van der Waals surface area contributed by atoms with Crippen molar-refractivity contribution in [2.75, 3.05) is 0 Å². The molecule has 0 bridgehead atoms. The SMILES string of the molecule is CCC(O)(c1cccc(C(F)(F)F)c1)c1ccccc1Oc1ccc(OCc2ccccc2)cc1. The molecule has 1 atom stereocenters. The number of alkyl halides is 3. The van der Waals surface area contributed by atoms with Crippen LogP contribution in [0.1, 0.15) is 35.6 Å². The van der Waals surface area contributed by atoms with Crippen molar-refractivity contribution in [2.24, 2.45) is 0 Å². The summed E-state index contributed by atoms with van der Waals surface area (Å²) in [5, 5.41) is 11.6. The molecule has 4 rings (SSSR count). The standard InChI is InChI=1S/C29H25F3O3/c1-2-28(33,22-11-8-12-23(19-22)29(30,31)32)26-13-6-7-14-27(26)35-25-17-15-24(16-18-25)34-20-21-9-4-3-5-10-21/h3-19,33H,2,20H2,1H3. The van der Waals surface area contributed by atoms with Gasteiger partial charge in [0.05, 0.1) is 5.56 Å². The van der Waals surface area contributed by atoms with Crippen LogP contribution in [0.5, 0.6) is 17.2 Å². The van der Waals surface area contributed by atoms with Crippen molar-refractivity contribution in [3.05, 3.63) is 125 Å². The Kier molecular flexibility index (Phi) is 7.12. The maximum atomic E-state index is 13.3. The second-order valence-electron chi connectivity index (χ2n) is 8.14. The van der Waals surface area contributed by atoms with Gasteiger partial charge in [0.1, 0.15) is 29.5 Å². The van der Waals surface area contributed by atoms with Crippen molar-refractivity contribution in [1.82, 2.24) is 0 Å². The molecule has 4 aromatic rings. The van der Waals surface area contributed by atoms with Crippen molar-refractivity contribution in [3.8, 4) is 17.2 Å². The predicted octanol–water partition coefficient (Wildman–Crippen LogP) is 7.72. The lowest BCUT2D eigenvalue weighted by molar-refractivity contribution is -0.137. The Labute approximate surface area is 202 Å². The van der Waals surface area contributed by atoms with Crippen molar-refractivity contribution in [3.63, 3.8) is 0 Å². The molecule has 0 aromatic heterocycles. The third-order valence-corrected chi connectivity index (χ3v) is 5.81. The summed E-state index contributed by atoms with van der Waals surface area (Å²) in [5.74, 6) is 1.53. The number of rotatable bonds is 8. The smallest absolute Gasteiger partial charge is 0.416 e. The molecule has 0 saturated carbocycles. The second kappa shape index (κ2) is 10.2. The van der Waals surface area contributed by atoms with Crippen LogP contribution in [0.3, 0.4) is 0 Å². The van der Waals surface area contributed by atoms with E-state index in [9.17, 15) is 18.3 Å². The Morgan fingerprint density at radius 1 is 0.714 bits per heavy atom. The number of ether oxygens (including phenoxy) is 2. The van der Waals surface area contributed by atoms with Gasteiger partial charge >= 0.3 is 6.18 Å². The number of aliphatic hydroxyl groups is 1. The quantitative estimate of drug-likeness (QED) is 0.282. The highest BCUT2D eigenvalue weighted by Crippen LogP contribution is 2.41. The fourth-order valence-corrected chi connectivity index (χ4v) is 3.87. The fraction of sp³-hybridized carbons (Fsp3) is 0.172. The topological polar surface area (TPSA) is 38.7 Å². The first kappa shape index (κ1) is 24.4. The molecule has 1 N–H and O–H groups in total. The van der Waals surface area contributed by atoms with E-state index < -0.39 is 17.3 Å². The van der Waals surface area contributed by atoms with E-state index in [1.54, 1.807) is 55.5 Å². The second-order valence-corrected chi connectivity index (χ2v) is 8.14. The molecule has 0 amide bonds. The molecule has 0 heterocycles. The number of hydrogen-bond donors (Lipinski definition) is 1. The number of para-hydroxylation sites is 1. The highest BCUT2D eigenvalue weighted by molar-refractivity contribution is 5.48. The van der Waals surface area contributed by atoms with Crippen LogP contribution in [-0.4, -0.2) is 5.11 Å². The highest BCUT2D eigenvalue weighted by atomic mass is 19.4. The lowest BCUT2D eigenvalue weighted by atomic mass is 9.83. The van der Waals surface area contributed by atoms with E-state index in [4.69, 9.17) is 9.47 Å². The first-order valence-corrected chi connectivity index (χ1v) is 11.2. The van der Waals surface area contributed by atoms with E-state index in [2.05, 4.69) is 0 Å². The maximum absolute atomic E-state index is 13.3. The summed E-state index contributed by atoms with van der Waals surface area (Å²) in [6, 6.07) is 28.4. The molecular weight excluding hydrogens is 453 g/mol. The predicted molar refractivity (Wildman–Crippen MR) is 128 cm³/mol. The minimum atomic E-state index is -4.51. The summed E-state index contributed by atoms with van der Waals surface area (Å²) >= 11 is 0. The molecule has 6 heteroatoms. The molecule has 35 heavy (non-hydrogen) atoms. The molecule has 0 fully saturated rings. The molecule has 4 aromatic carbocycles. The van der Waals surface area contributed by atoms with E-state index in [0.717, 1.165) is 17.7 Å². The average molecular weight is 479 g/mol. The minimum absolute atomic E-state index is 0.149. The molecule has 0 spiro atoms. The number of hydrogen-bond acceptors (Lipinski definition) is 3. The van der Waals surface area contributed by atoms with Gasteiger partial charge in [0.2, 0.25) is 0 Å². The van der Waals surface area contributed by atoms with Gasteiger partial charge in [-0.15, -0.1) is 0 Å². The number of halogens is 3. The van der Waals surface area contributed by atoms with Gasteiger partial charge in [-0.3, -0.25) is 0 Å². The zero-order chi connectivity index (χ0) is 24.9. The van der Waals surface area contributed by atoms with Crippen LogP contribution >= 0.6 is 0 Å². The fourth-order valence-electron chi connectivity index (χ4n) is 3.87. The van der Waals surface area contributed by atoms with Crippen LogP contribution in [0.25, 0.3) is 0 Å². The minimum Gasteiger partial charge on any atom is -0.489 e. The van der Waals surface area contributed by atoms with Crippen LogP contribution in [0.15, 0.2) is 103 Å². The third kappa shape index (κ3) is 5.66. The first-order valence-electron chi connectivity index (χ1n) is 11.2. The van der Waals surface area contributed by atoms with Gasteiger partial charge in [0, 0.05) is 5.56 Å². The Morgan fingerprint density at radius 3 is 2.03 bits per heavy atom. The molecule has 0 aliphatic heterocycles. The Morgan fingerprint density at radius 2 is 1.34 bits per heavy atom. The van der Waals surface area contributed by atoms with E-state index in [1.807, 2.05) is 30.3 Å². The Hall–Kier alpha value is -3.77. The van der Waals surface area contributed by atoms with E-state index in [-0.39, 0.29) is 12.0 Å². The molecule has 0 radical (unpaired) electrons. The lowest BCUT2D eigenvalue weighted by Gasteiger charge is -2.30. The third-order valence-electron chi connectivity index (χ3n) is 5.81. The monoisotopic (exact) mass is 478 g/mol. The zero-order valence-electron chi connectivity index (χ0n) is 19.1. The molecule has 0 aliphatic rings. The summed E-state index contributed by atoms with van der Waals surface area (Å²) < 4.78 is 51.7. The molecule has 1 unspecified atom stereocenters. The average Bonchev–Trinajstić information content (AvgIpc) is 2.88. The zero-order valence-corrected chi connectivity index (χ0v) is 19.1. The molecule has 3 nitrogen and oxygen atoms in total. The highest BCUT2D eigenvalue weighted by Gasteiger charge is 2.36.